The Morgan fingerprint density at radius 1 is 1.37 bits per heavy atom. The van der Waals surface area contributed by atoms with Gasteiger partial charge in [-0.25, -0.2) is 0 Å². The van der Waals surface area contributed by atoms with Crippen molar-refractivity contribution in [3.05, 3.63) is 42.1 Å². The van der Waals surface area contributed by atoms with Gasteiger partial charge < -0.3 is 5.32 Å². The molecule has 1 aromatic heterocycles. The van der Waals surface area contributed by atoms with Gasteiger partial charge in [0.05, 0.1) is 16.5 Å². The molecule has 2 aromatic rings. The van der Waals surface area contributed by atoms with E-state index < -0.39 is 0 Å². The lowest BCUT2D eigenvalue weighted by atomic mass is 10.1. The van der Waals surface area contributed by atoms with Crippen molar-refractivity contribution in [1.29, 1.82) is 0 Å². The van der Waals surface area contributed by atoms with Crippen molar-refractivity contribution in [3.8, 4) is 0 Å². The molecule has 1 atom stereocenters. The van der Waals surface area contributed by atoms with E-state index in [0.29, 0.717) is 18.0 Å². The highest BCUT2D eigenvalue weighted by molar-refractivity contribution is 6.21. The fraction of sp³-hybridized carbons (Fsp3) is 0.333. The Balaban J connectivity index is 2.09. The van der Waals surface area contributed by atoms with Crippen LogP contribution in [0.25, 0.3) is 10.9 Å². The van der Waals surface area contributed by atoms with Gasteiger partial charge in [0.15, 0.2) is 0 Å². The summed E-state index contributed by atoms with van der Waals surface area (Å²) in [7, 11) is 0. The first-order chi connectivity index (χ1) is 9.08. The van der Waals surface area contributed by atoms with E-state index in [1.54, 1.807) is 6.20 Å². The van der Waals surface area contributed by atoms with Crippen molar-refractivity contribution in [2.24, 2.45) is 5.92 Å². The van der Waals surface area contributed by atoms with Crippen LogP contribution in [0.2, 0.25) is 0 Å². The largest absolute Gasteiger partial charge is 0.350 e. The molecule has 2 rings (SSSR count). The number of halogens is 1. The molecule has 0 bridgehead atoms. The fourth-order valence-corrected chi connectivity index (χ4v) is 1.80. The van der Waals surface area contributed by atoms with Crippen LogP contribution in [-0.2, 0) is 0 Å². The maximum Gasteiger partial charge on any atom is 0.252 e. The highest BCUT2D eigenvalue weighted by Crippen LogP contribution is 2.13. The Hall–Kier alpha value is -1.61. The third-order valence-electron chi connectivity index (χ3n) is 3.03. The standard InChI is InChI=1S/C15H17ClN2O/c1-10(2)13(16)9-18-15(19)12-7-11-5-3-4-6-14(11)17-8-12/h3-8,10,13H,9H2,1-2H3,(H,18,19). The first-order valence-electron chi connectivity index (χ1n) is 6.35. The van der Waals surface area contributed by atoms with Crippen LogP contribution < -0.4 is 5.32 Å². The Kier molecular flexibility index (Phi) is 4.38. The summed E-state index contributed by atoms with van der Waals surface area (Å²) < 4.78 is 0. The second-order valence-electron chi connectivity index (χ2n) is 4.89. The van der Waals surface area contributed by atoms with Crippen LogP contribution in [0.1, 0.15) is 24.2 Å². The van der Waals surface area contributed by atoms with Gasteiger partial charge in [0.1, 0.15) is 0 Å². The normalized spacial score (nSPS) is 12.6. The molecule has 0 saturated carbocycles. The Morgan fingerprint density at radius 2 is 2.11 bits per heavy atom. The summed E-state index contributed by atoms with van der Waals surface area (Å²) in [5, 5.41) is 3.74. The molecule has 19 heavy (non-hydrogen) atoms. The molecule has 0 aliphatic rings. The number of rotatable bonds is 4. The number of fused-ring (bicyclic) bond motifs is 1. The zero-order valence-electron chi connectivity index (χ0n) is 11.1. The van der Waals surface area contributed by atoms with E-state index in [9.17, 15) is 4.79 Å². The lowest BCUT2D eigenvalue weighted by Crippen LogP contribution is -2.32. The molecule has 0 saturated heterocycles. The fourth-order valence-electron chi connectivity index (χ4n) is 1.72. The number of para-hydroxylation sites is 1. The summed E-state index contributed by atoms with van der Waals surface area (Å²) in [6, 6.07) is 9.56. The monoisotopic (exact) mass is 276 g/mol. The van der Waals surface area contributed by atoms with E-state index in [0.717, 1.165) is 10.9 Å². The van der Waals surface area contributed by atoms with Crippen LogP contribution in [0.3, 0.4) is 0 Å². The topological polar surface area (TPSA) is 42.0 Å². The molecule has 1 N–H and O–H groups in total. The second kappa shape index (κ2) is 6.02. The summed E-state index contributed by atoms with van der Waals surface area (Å²) in [6.07, 6.45) is 1.59. The Morgan fingerprint density at radius 3 is 2.84 bits per heavy atom. The summed E-state index contributed by atoms with van der Waals surface area (Å²) in [5.41, 5.74) is 1.45. The van der Waals surface area contributed by atoms with Crippen molar-refractivity contribution in [2.75, 3.05) is 6.54 Å². The molecular weight excluding hydrogens is 260 g/mol. The molecule has 3 nitrogen and oxygen atoms in total. The number of aromatic nitrogens is 1. The molecule has 1 aromatic carbocycles. The summed E-state index contributed by atoms with van der Waals surface area (Å²) in [4.78, 5) is 16.3. The minimum Gasteiger partial charge on any atom is -0.350 e. The zero-order chi connectivity index (χ0) is 13.8. The predicted octanol–water partition coefficient (Wildman–Crippen LogP) is 3.23. The average molecular weight is 277 g/mol. The average Bonchev–Trinajstić information content (AvgIpc) is 2.43. The third kappa shape index (κ3) is 3.44. The summed E-state index contributed by atoms with van der Waals surface area (Å²) >= 11 is 6.11. The summed E-state index contributed by atoms with van der Waals surface area (Å²) in [5.74, 6) is 0.196. The number of benzene rings is 1. The van der Waals surface area contributed by atoms with E-state index in [2.05, 4.69) is 10.3 Å². The van der Waals surface area contributed by atoms with E-state index in [4.69, 9.17) is 11.6 Å². The van der Waals surface area contributed by atoms with E-state index in [1.165, 1.54) is 0 Å². The van der Waals surface area contributed by atoms with Gasteiger partial charge in [-0.15, -0.1) is 11.6 Å². The number of amides is 1. The minimum atomic E-state index is -0.135. The van der Waals surface area contributed by atoms with Crippen LogP contribution >= 0.6 is 11.6 Å². The van der Waals surface area contributed by atoms with Crippen LogP contribution in [0, 0.1) is 5.92 Å². The highest BCUT2D eigenvalue weighted by Gasteiger charge is 2.12. The molecule has 100 valence electrons. The number of pyridine rings is 1. The molecule has 0 spiro atoms. The van der Waals surface area contributed by atoms with Crippen molar-refractivity contribution in [1.82, 2.24) is 10.3 Å². The number of hydrogen-bond donors (Lipinski definition) is 1. The Bertz CT molecular complexity index is 583. The van der Waals surface area contributed by atoms with Crippen molar-refractivity contribution >= 4 is 28.4 Å². The van der Waals surface area contributed by atoms with Crippen molar-refractivity contribution in [2.45, 2.75) is 19.2 Å². The minimum absolute atomic E-state index is 0.0580. The number of nitrogens with zero attached hydrogens (tertiary/aromatic N) is 1. The zero-order valence-corrected chi connectivity index (χ0v) is 11.8. The third-order valence-corrected chi connectivity index (χ3v) is 3.69. The lowest BCUT2D eigenvalue weighted by molar-refractivity contribution is 0.0952. The first kappa shape index (κ1) is 13.8. The van der Waals surface area contributed by atoms with Gasteiger partial charge in [0.25, 0.3) is 5.91 Å². The van der Waals surface area contributed by atoms with Crippen molar-refractivity contribution in [3.63, 3.8) is 0 Å². The molecule has 0 aliphatic heterocycles. The SMILES string of the molecule is CC(C)C(Cl)CNC(=O)c1cnc2ccccc2c1. The number of carbonyl (C=O) groups excluding carboxylic acids is 1. The predicted molar refractivity (Wildman–Crippen MR) is 78.6 cm³/mol. The van der Waals surface area contributed by atoms with Crippen LogP contribution in [0.15, 0.2) is 36.5 Å². The second-order valence-corrected chi connectivity index (χ2v) is 5.45. The number of alkyl halides is 1. The molecule has 1 heterocycles. The quantitative estimate of drug-likeness (QED) is 0.871. The Labute approximate surface area is 118 Å². The number of hydrogen-bond acceptors (Lipinski definition) is 2. The van der Waals surface area contributed by atoms with Gasteiger partial charge in [0, 0.05) is 18.1 Å². The molecule has 4 heteroatoms. The van der Waals surface area contributed by atoms with Crippen LogP contribution in [0.5, 0.6) is 0 Å². The summed E-state index contributed by atoms with van der Waals surface area (Å²) in [6.45, 7) is 4.52. The maximum atomic E-state index is 12.0. The van der Waals surface area contributed by atoms with Gasteiger partial charge in [0.2, 0.25) is 0 Å². The number of nitrogens with one attached hydrogen (secondary N) is 1. The van der Waals surface area contributed by atoms with Gasteiger partial charge in [-0.2, -0.15) is 0 Å². The van der Waals surface area contributed by atoms with Crippen LogP contribution in [-0.4, -0.2) is 22.8 Å². The smallest absolute Gasteiger partial charge is 0.252 e. The maximum absolute atomic E-state index is 12.0. The highest BCUT2D eigenvalue weighted by atomic mass is 35.5. The van der Waals surface area contributed by atoms with Gasteiger partial charge in [-0.05, 0) is 18.1 Å². The molecule has 0 aliphatic carbocycles. The lowest BCUT2D eigenvalue weighted by Gasteiger charge is -2.14. The van der Waals surface area contributed by atoms with Gasteiger partial charge >= 0.3 is 0 Å². The molecule has 1 amide bonds. The van der Waals surface area contributed by atoms with E-state index >= 15 is 0 Å². The van der Waals surface area contributed by atoms with E-state index in [1.807, 2.05) is 44.2 Å². The van der Waals surface area contributed by atoms with E-state index in [-0.39, 0.29) is 11.3 Å². The van der Waals surface area contributed by atoms with Gasteiger partial charge in [-0.1, -0.05) is 32.0 Å². The van der Waals surface area contributed by atoms with Gasteiger partial charge in [-0.3, -0.25) is 9.78 Å². The molecule has 1 unspecified atom stereocenters. The van der Waals surface area contributed by atoms with Crippen molar-refractivity contribution < 1.29 is 4.79 Å². The van der Waals surface area contributed by atoms with Crippen LogP contribution in [0.4, 0.5) is 0 Å². The number of carbonyl (C=O) groups is 1. The molecule has 0 fully saturated rings. The molecule has 0 radical (unpaired) electrons. The molecular formula is C15H17ClN2O. The first-order valence-corrected chi connectivity index (χ1v) is 6.78.